The molecule has 28 heavy (non-hydrogen) atoms. The Bertz CT molecular complexity index is 1230. The second-order valence-corrected chi connectivity index (χ2v) is 7.04. The highest BCUT2D eigenvalue weighted by Gasteiger charge is 2.20. The van der Waals surface area contributed by atoms with Crippen LogP contribution in [0.2, 0.25) is 0 Å². The molecule has 0 saturated carbocycles. The van der Waals surface area contributed by atoms with Crippen molar-refractivity contribution in [2.45, 2.75) is 19.8 Å². The standard InChI is InChI=1S/C20H21N5O3/c1-11(2)14-9-15(17(26)10-18(14)28-21)19-22-23-20(27)25(19)13-4-5-16-12(8-13)6-7-24(16)3/h4-11,26H,21H2,1-3H3,(H,23,27). The van der Waals surface area contributed by atoms with Gasteiger partial charge in [0.2, 0.25) is 0 Å². The van der Waals surface area contributed by atoms with Crippen LogP contribution in [0.4, 0.5) is 0 Å². The van der Waals surface area contributed by atoms with E-state index >= 15 is 0 Å². The fraction of sp³-hybridized carbons (Fsp3) is 0.200. The molecule has 4 N–H and O–H groups in total. The number of nitrogens with zero attached hydrogens (tertiary/aromatic N) is 3. The summed E-state index contributed by atoms with van der Waals surface area (Å²) in [6, 6.07) is 10.9. The molecule has 0 amide bonds. The maximum absolute atomic E-state index is 12.5. The van der Waals surface area contributed by atoms with Crippen LogP contribution in [0.3, 0.4) is 0 Å². The van der Waals surface area contributed by atoms with Crippen molar-refractivity contribution in [2.75, 3.05) is 0 Å². The van der Waals surface area contributed by atoms with Gasteiger partial charge in [-0.05, 0) is 36.2 Å². The molecule has 4 aromatic rings. The lowest BCUT2D eigenvalue weighted by atomic mass is 9.98. The third kappa shape index (κ3) is 2.74. The second kappa shape index (κ2) is 6.58. The summed E-state index contributed by atoms with van der Waals surface area (Å²) in [6.07, 6.45) is 1.96. The van der Waals surface area contributed by atoms with Crippen molar-refractivity contribution in [1.82, 2.24) is 19.3 Å². The van der Waals surface area contributed by atoms with E-state index in [9.17, 15) is 9.90 Å². The van der Waals surface area contributed by atoms with E-state index in [1.54, 1.807) is 6.07 Å². The number of fused-ring (bicyclic) bond motifs is 1. The Hall–Kier alpha value is -3.52. The van der Waals surface area contributed by atoms with Crippen LogP contribution in [-0.2, 0) is 7.05 Å². The predicted molar refractivity (Wildman–Crippen MR) is 107 cm³/mol. The number of aromatic amines is 1. The molecule has 4 rings (SSSR count). The highest BCUT2D eigenvalue weighted by Crippen LogP contribution is 2.37. The zero-order valence-electron chi connectivity index (χ0n) is 15.8. The van der Waals surface area contributed by atoms with E-state index in [1.807, 2.05) is 55.9 Å². The molecule has 2 aromatic heterocycles. The lowest BCUT2D eigenvalue weighted by molar-refractivity contribution is 0.327. The smallest absolute Gasteiger partial charge is 0.348 e. The summed E-state index contributed by atoms with van der Waals surface area (Å²) in [5.74, 6) is 6.04. The lowest BCUT2D eigenvalue weighted by Gasteiger charge is -2.15. The van der Waals surface area contributed by atoms with Gasteiger partial charge in [-0.1, -0.05) is 13.8 Å². The van der Waals surface area contributed by atoms with E-state index < -0.39 is 5.69 Å². The van der Waals surface area contributed by atoms with Crippen LogP contribution in [0, 0.1) is 0 Å². The summed E-state index contributed by atoms with van der Waals surface area (Å²) in [7, 11) is 1.96. The van der Waals surface area contributed by atoms with Crippen molar-refractivity contribution >= 4 is 10.9 Å². The van der Waals surface area contributed by atoms with E-state index in [2.05, 4.69) is 10.2 Å². The number of aromatic hydroxyl groups is 1. The molecule has 0 radical (unpaired) electrons. The van der Waals surface area contributed by atoms with Gasteiger partial charge in [0.25, 0.3) is 0 Å². The van der Waals surface area contributed by atoms with Crippen molar-refractivity contribution in [3.05, 3.63) is 58.6 Å². The molecule has 0 saturated heterocycles. The molecule has 8 heteroatoms. The Balaban J connectivity index is 1.93. The maximum Gasteiger partial charge on any atom is 0.348 e. The zero-order chi connectivity index (χ0) is 20.0. The van der Waals surface area contributed by atoms with Gasteiger partial charge in [0.1, 0.15) is 5.75 Å². The number of hydrogen-bond acceptors (Lipinski definition) is 5. The van der Waals surface area contributed by atoms with Crippen LogP contribution in [0.25, 0.3) is 28.0 Å². The highest BCUT2D eigenvalue weighted by atomic mass is 16.6. The van der Waals surface area contributed by atoms with E-state index in [-0.39, 0.29) is 11.7 Å². The van der Waals surface area contributed by atoms with Gasteiger partial charge in [-0.3, -0.25) is 0 Å². The van der Waals surface area contributed by atoms with Crippen LogP contribution < -0.4 is 16.4 Å². The fourth-order valence-electron chi connectivity index (χ4n) is 3.44. The molecule has 2 heterocycles. The van der Waals surface area contributed by atoms with Crippen molar-refractivity contribution in [1.29, 1.82) is 0 Å². The first-order valence-corrected chi connectivity index (χ1v) is 8.87. The number of H-pyrrole nitrogens is 1. The Kier molecular flexibility index (Phi) is 4.20. The summed E-state index contributed by atoms with van der Waals surface area (Å²) in [4.78, 5) is 17.4. The molecular formula is C20H21N5O3. The number of hydrogen-bond donors (Lipinski definition) is 3. The third-order valence-electron chi connectivity index (χ3n) is 4.92. The fourth-order valence-corrected chi connectivity index (χ4v) is 3.44. The largest absolute Gasteiger partial charge is 0.507 e. The summed E-state index contributed by atoms with van der Waals surface area (Å²) in [5.41, 5.74) is 2.52. The number of aryl methyl sites for hydroxylation is 1. The van der Waals surface area contributed by atoms with Crippen molar-refractivity contribution in [3.8, 4) is 28.6 Å². The minimum atomic E-state index is -0.394. The molecule has 0 spiro atoms. The number of rotatable bonds is 4. The number of nitrogens with one attached hydrogen (secondary N) is 1. The number of benzene rings is 2. The molecule has 0 aliphatic carbocycles. The molecule has 0 aliphatic heterocycles. The molecule has 0 fully saturated rings. The van der Waals surface area contributed by atoms with Gasteiger partial charge in [-0.15, -0.1) is 0 Å². The van der Waals surface area contributed by atoms with Gasteiger partial charge in [0.15, 0.2) is 11.6 Å². The van der Waals surface area contributed by atoms with Crippen LogP contribution in [0.15, 0.2) is 47.4 Å². The van der Waals surface area contributed by atoms with E-state index in [0.29, 0.717) is 22.8 Å². The second-order valence-electron chi connectivity index (χ2n) is 7.04. The maximum atomic E-state index is 12.5. The average Bonchev–Trinajstić information content (AvgIpc) is 3.23. The van der Waals surface area contributed by atoms with E-state index in [1.165, 1.54) is 10.6 Å². The van der Waals surface area contributed by atoms with Gasteiger partial charge in [-0.2, -0.15) is 11.0 Å². The molecule has 0 bridgehead atoms. The van der Waals surface area contributed by atoms with Crippen molar-refractivity contribution < 1.29 is 9.94 Å². The molecule has 0 aliphatic rings. The quantitative estimate of drug-likeness (QED) is 0.472. The topological polar surface area (TPSA) is 111 Å². The Morgan fingerprint density at radius 2 is 2.00 bits per heavy atom. The molecule has 144 valence electrons. The first-order valence-electron chi connectivity index (χ1n) is 8.87. The molecule has 0 atom stereocenters. The van der Waals surface area contributed by atoms with E-state index in [0.717, 1.165) is 16.5 Å². The SMILES string of the molecule is CC(C)c1cc(-c2n[nH]c(=O)n2-c2ccc3c(ccn3C)c2)c(O)cc1ON. The molecule has 0 unspecified atom stereocenters. The predicted octanol–water partition coefficient (Wildman–Crippen LogP) is 2.80. The minimum Gasteiger partial charge on any atom is -0.507 e. The van der Waals surface area contributed by atoms with Gasteiger partial charge in [0.05, 0.1) is 11.3 Å². The van der Waals surface area contributed by atoms with Crippen LogP contribution in [-0.4, -0.2) is 24.4 Å². The van der Waals surface area contributed by atoms with Gasteiger partial charge >= 0.3 is 5.69 Å². The highest BCUT2D eigenvalue weighted by molar-refractivity contribution is 5.82. The Morgan fingerprint density at radius 3 is 2.71 bits per heavy atom. The van der Waals surface area contributed by atoms with Crippen molar-refractivity contribution in [3.63, 3.8) is 0 Å². The Labute approximate surface area is 160 Å². The number of aromatic nitrogens is 4. The summed E-state index contributed by atoms with van der Waals surface area (Å²) in [6.45, 7) is 3.97. The molecular weight excluding hydrogens is 358 g/mol. The van der Waals surface area contributed by atoms with E-state index in [4.69, 9.17) is 10.7 Å². The normalized spacial score (nSPS) is 11.5. The van der Waals surface area contributed by atoms with Gasteiger partial charge in [-0.25, -0.2) is 14.5 Å². The third-order valence-corrected chi connectivity index (χ3v) is 4.92. The molecule has 8 nitrogen and oxygen atoms in total. The number of phenolic OH excluding ortho intramolecular Hbond substituents is 1. The number of phenols is 1. The van der Waals surface area contributed by atoms with Gasteiger partial charge < -0.3 is 14.5 Å². The van der Waals surface area contributed by atoms with Gasteiger partial charge in [0, 0.05) is 35.8 Å². The first kappa shape index (κ1) is 17.9. The lowest BCUT2D eigenvalue weighted by Crippen LogP contribution is -2.15. The summed E-state index contributed by atoms with van der Waals surface area (Å²) in [5, 5.41) is 18.2. The van der Waals surface area contributed by atoms with Crippen LogP contribution >= 0.6 is 0 Å². The molecule has 2 aromatic carbocycles. The summed E-state index contributed by atoms with van der Waals surface area (Å²) < 4.78 is 3.44. The summed E-state index contributed by atoms with van der Waals surface area (Å²) >= 11 is 0. The van der Waals surface area contributed by atoms with Crippen LogP contribution in [0.1, 0.15) is 25.3 Å². The first-order chi connectivity index (χ1) is 13.4. The average molecular weight is 379 g/mol. The minimum absolute atomic E-state index is 0.0779. The van der Waals surface area contributed by atoms with Crippen LogP contribution in [0.5, 0.6) is 11.5 Å². The van der Waals surface area contributed by atoms with Crippen molar-refractivity contribution in [2.24, 2.45) is 12.9 Å². The monoisotopic (exact) mass is 379 g/mol. The Morgan fingerprint density at radius 1 is 1.21 bits per heavy atom. The number of nitrogens with two attached hydrogens (primary N) is 1. The zero-order valence-corrected chi connectivity index (χ0v) is 15.8.